The Morgan fingerprint density at radius 3 is 2.55 bits per heavy atom. The number of imidazole rings is 1. The van der Waals surface area contributed by atoms with E-state index in [2.05, 4.69) is 22.4 Å². The Morgan fingerprint density at radius 2 is 1.95 bits per heavy atom. The van der Waals surface area contributed by atoms with E-state index in [0.717, 1.165) is 29.1 Å². The number of rotatable bonds is 5. The van der Waals surface area contributed by atoms with Gasteiger partial charge in [-0.1, -0.05) is 0 Å². The monoisotopic (exact) mass is 271 g/mol. The third-order valence-corrected chi connectivity index (χ3v) is 4.67. The van der Waals surface area contributed by atoms with E-state index in [0.29, 0.717) is 11.8 Å². The number of nitrogens with one attached hydrogen (secondary N) is 1. The molecule has 2 fully saturated rings. The Bertz CT molecular complexity index is 614. The molecule has 1 atom stereocenters. The fourth-order valence-electron chi connectivity index (χ4n) is 3.47. The highest BCUT2D eigenvalue weighted by Gasteiger charge is 2.46. The van der Waals surface area contributed by atoms with E-state index in [-0.39, 0.29) is 0 Å². The predicted molar refractivity (Wildman–Crippen MR) is 76.3 cm³/mol. The van der Waals surface area contributed by atoms with Gasteiger partial charge in [-0.15, -0.1) is 0 Å². The van der Waals surface area contributed by atoms with Crippen LogP contribution in [0.3, 0.4) is 0 Å². The summed E-state index contributed by atoms with van der Waals surface area (Å²) in [5.74, 6) is 3.24. The lowest BCUT2D eigenvalue weighted by Crippen LogP contribution is -2.28. The van der Waals surface area contributed by atoms with Gasteiger partial charge in [-0.3, -0.25) is 0 Å². The molecule has 2 aliphatic carbocycles. The molecule has 0 amide bonds. The van der Waals surface area contributed by atoms with Crippen molar-refractivity contribution in [1.82, 2.24) is 24.9 Å². The number of hydrogen-bond acceptors (Lipinski definition) is 4. The second-order valence-corrected chi connectivity index (χ2v) is 6.33. The second-order valence-electron chi connectivity index (χ2n) is 6.33. The van der Waals surface area contributed by atoms with Crippen molar-refractivity contribution in [3.05, 3.63) is 23.8 Å². The highest BCUT2D eigenvalue weighted by molar-refractivity contribution is 5.30. The Balaban J connectivity index is 1.70. The van der Waals surface area contributed by atoms with E-state index in [1.165, 1.54) is 25.7 Å². The number of fused-ring (bicyclic) bond motifs is 1. The van der Waals surface area contributed by atoms with Crippen LogP contribution in [-0.2, 0) is 0 Å². The lowest BCUT2D eigenvalue weighted by Gasteiger charge is -2.25. The molecule has 106 valence electrons. The lowest BCUT2D eigenvalue weighted by atomic mass is 9.88. The molecule has 2 aromatic rings. The van der Waals surface area contributed by atoms with Gasteiger partial charge in [0, 0.05) is 0 Å². The third kappa shape index (κ3) is 2.10. The smallest absolute Gasteiger partial charge is 0.250 e. The average molecular weight is 271 g/mol. The van der Waals surface area contributed by atoms with Crippen molar-refractivity contribution in [3.63, 3.8) is 0 Å². The molecule has 4 rings (SSSR count). The molecule has 0 aromatic carbocycles. The molecule has 2 saturated carbocycles. The molecule has 1 unspecified atom stereocenters. The fraction of sp³-hybridized carbons (Fsp3) is 0.667. The zero-order valence-corrected chi connectivity index (χ0v) is 12.1. The van der Waals surface area contributed by atoms with E-state index < -0.39 is 0 Å². The van der Waals surface area contributed by atoms with Gasteiger partial charge in [-0.05, 0) is 57.4 Å². The van der Waals surface area contributed by atoms with Crippen molar-refractivity contribution in [2.45, 2.75) is 38.6 Å². The van der Waals surface area contributed by atoms with E-state index in [4.69, 9.17) is 4.98 Å². The first-order valence-corrected chi connectivity index (χ1v) is 7.62. The van der Waals surface area contributed by atoms with Crippen LogP contribution >= 0.6 is 0 Å². The minimum absolute atomic E-state index is 0.346. The molecule has 2 aromatic heterocycles. The van der Waals surface area contributed by atoms with Gasteiger partial charge in [-0.2, -0.15) is 5.10 Å². The fourth-order valence-corrected chi connectivity index (χ4v) is 3.47. The summed E-state index contributed by atoms with van der Waals surface area (Å²) in [7, 11) is 2.05. The van der Waals surface area contributed by atoms with Gasteiger partial charge in [0.2, 0.25) is 0 Å². The number of nitrogens with zero attached hydrogens (tertiary/aromatic N) is 4. The molecule has 2 aliphatic rings. The maximum Gasteiger partial charge on any atom is 0.250 e. The minimum atomic E-state index is 0.346. The normalized spacial score (nSPS) is 20.8. The van der Waals surface area contributed by atoms with Gasteiger partial charge < -0.3 is 5.32 Å². The van der Waals surface area contributed by atoms with Crippen molar-refractivity contribution < 1.29 is 0 Å². The maximum atomic E-state index is 4.69. The van der Waals surface area contributed by atoms with Gasteiger partial charge in [-0.25, -0.2) is 14.5 Å². The SMILES string of the molecule is CNC(c1cn2nc(C)cnc2n1)C(C1CC1)C1CC1. The summed E-state index contributed by atoms with van der Waals surface area (Å²) >= 11 is 0. The molecule has 0 bridgehead atoms. The van der Waals surface area contributed by atoms with Gasteiger partial charge >= 0.3 is 0 Å². The highest BCUT2D eigenvalue weighted by atomic mass is 15.3. The summed E-state index contributed by atoms with van der Waals surface area (Å²) in [6.07, 6.45) is 9.39. The van der Waals surface area contributed by atoms with E-state index in [1.807, 2.05) is 17.6 Å². The van der Waals surface area contributed by atoms with Crippen molar-refractivity contribution in [2.24, 2.45) is 17.8 Å². The van der Waals surface area contributed by atoms with Gasteiger partial charge in [0.15, 0.2) is 0 Å². The molecular weight excluding hydrogens is 250 g/mol. The Morgan fingerprint density at radius 1 is 1.25 bits per heavy atom. The molecule has 0 spiro atoms. The molecule has 5 nitrogen and oxygen atoms in total. The van der Waals surface area contributed by atoms with Crippen LogP contribution in [0.1, 0.15) is 43.1 Å². The van der Waals surface area contributed by atoms with Gasteiger partial charge in [0.05, 0.1) is 29.8 Å². The van der Waals surface area contributed by atoms with Crippen LogP contribution in [0.15, 0.2) is 12.4 Å². The molecule has 2 heterocycles. The van der Waals surface area contributed by atoms with E-state index >= 15 is 0 Å². The van der Waals surface area contributed by atoms with Crippen LogP contribution in [0.2, 0.25) is 0 Å². The zero-order chi connectivity index (χ0) is 13.7. The van der Waals surface area contributed by atoms with Crippen LogP contribution in [0, 0.1) is 24.7 Å². The van der Waals surface area contributed by atoms with Crippen LogP contribution < -0.4 is 5.32 Å². The summed E-state index contributed by atoms with van der Waals surface area (Å²) in [6.45, 7) is 1.96. The number of aromatic nitrogens is 4. The first kappa shape index (κ1) is 12.3. The van der Waals surface area contributed by atoms with E-state index in [1.54, 1.807) is 6.20 Å². The lowest BCUT2D eigenvalue weighted by molar-refractivity contribution is 0.296. The number of aryl methyl sites for hydroxylation is 1. The molecular formula is C15H21N5. The maximum absolute atomic E-state index is 4.69. The summed E-state index contributed by atoms with van der Waals surface area (Å²) in [5.41, 5.74) is 2.02. The van der Waals surface area contributed by atoms with Gasteiger partial charge in [0.25, 0.3) is 5.78 Å². The summed E-state index contributed by atoms with van der Waals surface area (Å²) < 4.78 is 1.81. The van der Waals surface area contributed by atoms with Crippen molar-refractivity contribution in [3.8, 4) is 0 Å². The largest absolute Gasteiger partial charge is 0.311 e. The third-order valence-electron chi connectivity index (χ3n) is 4.67. The summed E-state index contributed by atoms with van der Waals surface area (Å²) in [4.78, 5) is 9.05. The van der Waals surface area contributed by atoms with Crippen LogP contribution in [-0.4, -0.2) is 26.6 Å². The minimum Gasteiger partial charge on any atom is -0.311 e. The first-order chi connectivity index (χ1) is 9.76. The number of hydrogen-bond donors (Lipinski definition) is 1. The molecule has 0 aliphatic heterocycles. The Labute approximate surface area is 118 Å². The molecule has 5 heteroatoms. The average Bonchev–Trinajstić information content (AvgIpc) is 3.34. The molecule has 0 saturated heterocycles. The standard InChI is InChI=1S/C15H21N5/c1-9-7-17-15-18-12(8-20(15)19-9)14(16-2)13(10-3-4-10)11-5-6-11/h7-8,10-11,13-14,16H,3-6H2,1-2H3. The van der Waals surface area contributed by atoms with Crippen molar-refractivity contribution in [1.29, 1.82) is 0 Å². The predicted octanol–water partition coefficient (Wildman–Crippen LogP) is 2.13. The molecule has 0 radical (unpaired) electrons. The van der Waals surface area contributed by atoms with Crippen molar-refractivity contribution >= 4 is 5.78 Å². The van der Waals surface area contributed by atoms with Crippen LogP contribution in [0.5, 0.6) is 0 Å². The first-order valence-electron chi connectivity index (χ1n) is 7.62. The van der Waals surface area contributed by atoms with E-state index in [9.17, 15) is 0 Å². The van der Waals surface area contributed by atoms with Crippen molar-refractivity contribution in [2.75, 3.05) is 7.05 Å². The second kappa shape index (κ2) is 4.52. The highest BCUT2D eigenvalue weighted by Crippen LogP contribution is 2.53. The molecule has 1 N–H and O–H groups in total. The topological polar surface area (TPSA) is 55.1 Å². The van der Waals surface area contributed by atoms with Crippen LogP contribution in [0.4, 0.5) is 0 Å². The van der Waals surface area contributed by atoms with Gasteiger partial charge in [0.1, 0.15) is 0 Å². The summed E-state index contributed by atoms with van der Waals surface area (Å²) in [5, 5.41) is 7.96. The van der Waals surface area contributed by atoms with Crippen LogP contribution in [0.25, 0.3) is 5.78 Å². The Hall–Kier alpha value is -1.49. The summed E-state index contributed by atoms with van der Waals surface area (Å²) in [6, 6.07) is 0.346. The quantitative estimate of drug-likeness (QED) is 0.905. The Kier molecular flexibility index (Phi) is 2.77. The zero-order valence-electron chi connectivity index (χ0n) is 12.1. The molecule has 20 heavy (non-hydrogen) atoms.